The third kappa shape index (κ3) is 2.72. The number of hydrogen-bond acceptors (Lipinski definition) is 2. The van der Waals surface area contributed by atoms with Crippen LogP contribution < -0.4 is 0 Å². The largest absolute Gasteiger partial charge is 0.392 e. The van der Waals surface area contributed by atoms with Crippen molar-refractivity contribution in [2.24, 2.45) is 0 Å². The summed E-state index contributed by atoms with van der Waals surface area (Å²) in [4.78, 5) is 4.18. The number of hydrogen-bond donors (Lipinski definition) is 1. The topological polar surface area (TPSA) is 33.1 Å². The monoisotopic (exact) mass is 287 g/mol. The van der Waals surface area contributed by atoms with E-state index in [9.17, 15) is 0 Å². The smallest absolute Gasteiger partial charge is 0.0892 e. The summed E-state index contributed by atoms with van der Waals surface area (Å²) in [5, 5.41) is 10.6. The summed E-state index contributed by atoms with van der Waals surface area (Å²) in [5.41, 5.74) is 1.90. The van der Waals surface area contributed by atoms with E-state index in [4.69, 9.17) is 39.9 Å². The molecule has 88 valence electrons. The Labute approximate surface area is 114 Å². The molecule has 1 aromatic carbocycles. The van der Waals surface area contributed by atoms with Gasteiger partial charge in [0.15, 0.2) is 0 Å². The Bertz CT molecular complexity index is 537. The van der Waals surface area contributed by atoms with Crippen LogP contribution in [0.3, 0.4) is 0 Å². The fraction of sp³-hybridized carbons (Fsp3) is 0.0833. The minimum absolute atomic E-state index is 0.136. The first kappa shape index (κ1) is 12.7. The molecular weight excluding hydrogens is 280 g/mol. The first-order valence-electron chi connectivity index (χ1n) is 4.82. The predicted molar refractivity (Wildman–Crippen MR) is 70.6 cm³/mol. The van der Waals surface area contributed by atoms with Crippen molar-refractivity contribution in [2.45, 2.75) is 6.61 Å². The van der Waals surface area contributed by atoms with Gasteiger partial charge in [-0.2, -0.15) is 0 Å². The number of rotatable bonds is 2. The van der Waals surface area contributed by atoms with Gasteiger partial charge in [-0.3, -0.25) is 4.98 Å². The Balaban J connectivity index is 2.60. The van der Waals surface area contributed by atoms with E-state index in [1.54, 1.807) is 30.5 Å². The lowest BCUT2D eigenvalue weighted by atomic mass is 10.1. The van der Waals surface area contributed by atoms with Crippen molar-refractivity contribution in [1.82, 2.24) is 4.98 Å². The van der Waals surface area contributed by atoms with Crippen molar-refractivity contribution in [1.29, 1.82) is 0 Å². The molecule has 0 fully saturated rings. The highest BCUT2D eigenvalue weighted by molar-refractivity contribution is 6.36. The Morgan fingerprint density at radius 1 is 1.06 bits per heavy atom. The maximum absolute atomic E-state index is 9.13. The Morgan fingerprint density at radius 2 is 1.71 bits per heavy atom. The van der Waals surface area contributed by atoms with Gasteiger partial charge in [0.1, 0.15) is 0 Å². The lowest BCUT2D eigenvalue weighted by Gasteiger charge is -2.07. The molecule has 0 saturated carbocycles. The molecule has 0 aliphatic rings. The second kappa shape index (κ2) is 5.23. The normalized spacial score (nSPS) is 10.6. The molecule has 17 heavy (non-hydrogen) atoms. The van der Waals surface area contributed by atoms with E-state index >= 15 is 0 Å². The van der Waals surface area contributed by atoms with Crippen molar-refractivity contribution < 1.29 is 5.11 Å². The van der Waals surface area contributed by atoms with Crippen molar-refractivity contribution in [3.63, 3.8) is 0 Å². The summed E-state index contributed by atoms with van der Waals surface area (Å²) < 4.78 is 0. The van der Waals surface area contributed by atoms with Crippen LogP contribution in [-0.4, -0.2) is 10.1 Å². The maximum atomic E-state index is 9.13. The fourth-order valence-electron chi connectivity index (χ4n) is 1.50. The van der Waals surface area contributed by atoms with E-state index in [1.165, 1.54) is 0 Å². The molecular formula is C12H8Cl3NO. The van der Waals surface area contributed by atoms with E-state index < -0.39 is 0 Å². The van der Waals surface area contributed by atoms with Crippen LogP contribution >= 0.6 is 34.8 Å². The molecule has 2 aromatic rings. The van der Waals surface area contributed by atoms with Gasteiger partial charge in [-0.15, -0.1) is 0 Å². The number of halogens is 3. The van der Waals surface area contributed by atoms with Crippen LogP contribution in [0.4, 0.5) is 0 Å². The molecule has 0 spiro atoms. The molecule has 5 heteroatoms. The highest BCUT2D eigenvalue weighted by atomic mass is 35.5. The van der Waals surface area contributed by atoms with Crippen LogP contribution in [0, 0.1) is 0 Å². The second-order valence-electron chi connectivity index (χ2n) is 3.45. The van der Waals surface area contributed by atoms with Crippen molar-refractivity contribution in [2.75, 3.05) is 0 Å². The van der Waals surface area contributed by atoms with Gasteiger partial charge in [-0.25, -0.2) is 0 Å². The standard InChI is InChI=1S/C12H8Cl3NO/c13-9-3-8(4-10(14)5-9)12-11(15)7(6-17)1-2-16-12/h1-5,17H,6H2. The molecule has 1 heterocycles. The summed E-state index contributed by atoms with van der Waals surface area (Å²) in [6, 6.07) is 6.75. The molecule has 0 aliphatic carbocycles. The zero-order chi connectivity index (χ0) is 12.4. The van der Waals surface area contributed by atoms with Gasteiger partial charge < -0.3 is 5.11 Å². The molecule has 0 atom stereocenters. The number of aromatic nitrogens is 1. The predicted octanol–water partition coefficient (Wildman–Crippen LogP) is 4.20. The molecule has 0 radical (unpaired) electrons. The van der Waals surface area contributed by atoms with E-state index in [2.05, 4.69) is 4.98 Å². The first-order chi connectivity index (χ1) is 8.11. The highest BCUT2D eigenvalue weighted by Crippen LogP contribution is 2.32. The molecule has 1 aromatic heterocycles. The second-order valence-corrected chi connectivity index (χ2v) is 4.70. The fourth-order valence-corrected chi connectivity index (χ4v) is 2.30. The number of nitrogens with zero attached hydrogens (tertiary/aromatic N) is 1. The van der Waals surface area contributed by atoms with E-state index in [-0.39, 0.29) is 6.61 Å². The van der Waals surface area contributed by atoms with Crippen molar-refractivity contribution in [3.8, 4) is 11.3 Å². The minimum Gasteiger partial charge on any atom is -0.392 e. The van der Waals surface area contributed by atoms with Crippen LogP contribution in [0.25, 0.3) is 11.3 Å². The van der Waals surface area contributed by atoms with Crippen molar-refractivity contribution in [3.05, 3.63) is 51.1 Å². The first-order valence-corrected chi connectivity index (χ1v) is 5.96. The average Bonchev–Trinajstić information content (AvgIpc) is 2.28. The number of pyridine rings is 1. The molecule has 0 bridgehead atoms. The lowest BCUT2D eigenvalue weighted by Crippen LogP contribution is -1.91. The Kier molecular flexibility index (Phi) is 3.89. The lowest BCUT2D eigenvalue weighted by molar-refractivity contribution is 0.282. The molecule has 2 nitrogen and oxygen atoms in total. The van der Waals surface area contributed by atoms with Crippen LogP contribution in [0.5, 0.6) is 0 Å². The van der Waals surface area contributed by atoms with Gasteiger partial charge in [0.2, 0.25) is 0 Å². The molecule has 0 unspecified atom stereocenters. The van der Waals surface area contributed by atoms with Gasteiger partial charge in [0, 0.05) is 21.8 Å². The summed E-state index contributed by atoms with van der Waals surface area (Å²) in [7, 11) is 0. The Morgan fingerprint density at radius 3 is 2.29 bits per heavy atom. The summed E-state index contributed by atoms with van der Waals surface area (Å²) in [5.74, 6) is 0. The molecule has 1 N–H and O–H groups in total. The number of aliphatic hydroxyl groups excluding tert-OH is 1. The molecule has 2 rings (SSSR count). The number of benzene rings is 1. The number of aliphatic hydroxyl groups is 1. The van der Waals surface area contributed by atoms with E-state index in [0.717, 1.165) is 5.56 Å². The van der Waals surface area contributed by atoms with Gasteiger partial charge in [-0.1, -0.05) is 34.8 Å². The molecule has 0 aliphatic heterocycles. The van der Waals surface area contributed by atoms with Crippen LogP contribution in [0.2, 0.25) is 15.1 Å². The zero-order valence-corrected chi connectivity index (χ0v) is 10.9. The average molecular weight is 289 g/mol. The zero-order valence-electron chi connectivity index (χ0n) is 8.62. The van der Waals surface area contributed by atoms with Gasteiger partial charge in [0.25, 0.3) is 0 Å². The maximum Gasteiger partial charge on any atom is 0.0892 e. The van der Waals surface area contributed by atoms with Gasteiger partial charge in [-0.05, 0) is 29.8 Å². The van der Waals surface area contributed by atoms with Gasteiger partial charge >= 0.3 is 0 Å². The van der Waals surface area contributed by atoms with Crippen LogP contribution in [0.15, 0.2) is 30.5 Å². The van der Waals surface area contributed by atoms with Crippen LogP contribution in [-0.2, 0) is 6.61 Å². The van der Waals surface area contributed by atoms with E-state index in [0.29, 0.717) is 26.3 Å². The summed E-state index contributed by atoms with van der Waals surface area (Å²) >= 11 is 18.0. The molecule has 0 amide bonds. The summed E-state index contributed by atoms with van der Waals surface area (Å²) in [6.07, 6.45) is 1.58. The van der Waals surface area contributed by atoms with Crippen LogP contribution in [0.1, 0.15) is 5.56 Å². The van der Waals surface area contributed by atoms with Gasteiger partial charge in [0.05, 0.1) is 17.3 Å². The third-order valence-electron chi connectivity index (χ3n) is 2.28. The SMILES string of the molecule is OCc1ccnc(-c2cc(Cl)cc(Cl)c2)c1Cl. The Hall–Kier alpha value is -0.800. The molecule has 0 saturated heterocycles. The third-order valence-corrected chi connectivity index (χ3v) is 3.13. The van der Waals surface area contributed by atoms with E-state index in [1.807, 2.05) is 0 Å². The van der Waals surface area contributed by atoms with Crippen molar-refractivity contribution >= 4 is 34.8 Å². The summed E-state index contributed by atoms with van der Waals surface area (Å²) in [6.45, 7) is -0.136. The minimum atomic E-state index is -0.136. The quantitative estimate of drug-likeness (QED) is 0.898. The highest BCUT2D eigenvalue weighted by Gasteiger charge is 2.10.